The molecule has 0 radical (unpaired) electrons. The van der Waals surface area contributed by atoms with Gasteiger partial charge in [0.05, 0.1) is 7.32 Å². The van der Waals surface area contributed by atoms with Gasteiger partial charge in [0.25, 0.3) is 0 Å². The molecule has 0 unspecified atom stereocenters. The van der Waals surface area contributed by atoms with Crippen molar-refractivity contribution in [2.75, 3.05) is 0 Å². The third-order valence-corrected chi connectivity index (χ3v) is 9.67. The third-order valence-electron chi connectivity index (χ3n) is 3.68. The van der Waals surface area contributed by atoms with E-state index in [9.17, 15) is 0 Å². The Kier molecular flexibility index (Phi) is 13.7. The Bertz CT molecular complexity index is 238. The van der Waals surface area contributed by atoms with E-state index in [2.05, 4.69) is 11.5 Å². The van der Waals surface area contributed by atoms with Gasteiger partial charge in [-0.15, -0.1) is 0 Å². The van der Waals surface area contributed by atoms with Gasteiger partial charge in [-0.05, 0) is 0 Å². The van der Waals surface area contributed by atoms with Gasteiger partial charge in [0, 0.05) is 0 Å². The quantitative estimate of drug-likeness (QED) is 0.285. The zero-order valence-corrected chi connectivity index (χ0v) is 15.6. The Labute approximate surface area is 138 Å². The van der Waals surface area contributed by atoms with Crippen LogP contribution in [-0.4, -0.2) is 39.4 Å². The van der Waals surface area contributed by atoms with Gasteiger partial charge < -0.3 is 26.5 Å². The van der Waals surface area contributed by atoms with Crippen LogP contribution >= 0.6 is 0 Å². The summed E-state index contributed by atoms with van der Waals surface area (Å²) < 4.78 is 2.58. The molecule has 0 aromatic rings. The Morgan fingerprint density at radius 1 is 0.905 bits per heavy atom. The van der Waals surface area contributed by atoms with Crippen LogP contribution in [0.4, 0.5) is 0 Å². The largest absolute Gasteiger partial charge is 0.871 e. The summed E-state index contributed by atoms with van der Waals surface area (Å²) in [5.74, 6) is -0.333. The van der Waals surface area contributed by atoms with Crippen LogP contribution < -0.4 is 21.5 Å². The van der Waals surface area contributed by atoms with Crippen molar-refractivity contribution in [2.45, 2.75) is 72.1 Å². The van der Waals surface area contributed by atoms with Crippen LogP contribution in [0.3, 0.4) is 0 Å². The summed E-state index contributed by atoms with van der Waals surface area (Å²) in [7, 11) is -2.67. The normalized spacial score (nSPS) is 19.2. The maximum absolute atomic E-state index is 8.53. The molecule has 0 saturated heterocycles. The summed E-state index contributed by atoms with van der Waals surface area (Å²) in [6, 6.07) is 0. The first-order valence-electron chi connectivity index (χ1n) is 7.77. The van der Waals surface area contributed by atoms with Gasteiger partial charge in [-0.1, -0.05) is 0 Å². The average molecular weight is 404 g/mol. The van der Waals surface area contributed by atoms with E-state index in [0.29, 0.717) is 0 Å². The maximum Gasteiger partial charge on any atom is 0.183 e. The first-order chi connectivity index (χ1) is 9.91. The molecule has 0 aromatic heterocycles. The van der Waals surface area contributed by atoms with Crippen LogP contribution in [0.1, 0.15) is 64.2 Å². The van der Waals surface area contributed by atoms with E-state index >= 15 is 0 Å². The minimum Gasteiger partial charge on any atom is -0.871 e. The molecule has 2 aliphatic carbocycles. The van der Waals surface area contributed by atoms with Crippen molar-refractivity contribution >= 4 is 34.4 Å². The van der Waals surface area contributed by atoms with Gasteiger partial charge in [-0.3, -0.25) is 5.41 Å². The van der Waals surface area contributed by atoms with E-state index in [4.69, 9.17) is 20.5 Å². The second-order valence-electron chi connectivity index (χ2n) is 5.60. The average Bonchev–Trinajstić information content (AvgIpc) is 2.40. The first-order valence-corrected chi connectivity index (χ1v) is 11.1. The molecule has 2 aliphatic rings. The summed E-state index contributed by atoms with van der Waals surface area (Å²) in [4.78, 5) is 0. The molecule has 0 spiro atoms. The summed E-state index contributed by atoms with van der Waals surface area (Å²) in [6.07, 6.45) is 15.9. The monoisotopic (exact) mass is 405 g/mol. The fourth-order valence-electron chi connectivity index (χ4n) is 2.87. The van der Waals surface area contributed by atoms with Crippen molar-refractivity contribution < 1.29 is 15.1 Å². The van der Waals surface area contributed by atoms with Crippen LogP contribution in [0.2, 0.25) is 7.87 Å². The minimum absolute atomic E-state index is 0.0367. The van der Waals surface area contributed by atoms with Crippen LogP contribution in [0, 0.1) is 5.41 Å². The number of hydrogen-bond acceptors (Lipinski definition) is 4. The molecule has 8 heteroatoms. The molecule has 21 heavy (non-hydrogen) atoms. The smallest absolute Gasteiger partial charge is 0.183 e. The van der Waals surface area contributed by atoms with Gasteiger partial charge in [0.15, 0.2) is 5.96 Å². The van der Waals surface area contributed by atoms with E-state index in [-0.39, 0.29) is 27.1 Å². The predicted molar refractivity (Wildman–Crippen MR) is 83.5 cm³/mol. The molecule has 0 amide bonds. The molecule has 6 N–H and O–H groups in total. The minimum atomic E-state index is -2.67. The van der Waals surface area contributed by atoms with Gasteiger partial charge in [-0.25, -0.2) is 0 Å². The van der Waals surface area contributed by atoms with Crippen LogP contribution in [-0.2, 0) is 0 Å². The molecule has 120 valence electrons. The van der Waals surface area contributed by atoms with E-state index in [1.165, 1.54) is 7.87 Å². The molecule has 0 aromatic carbocycles. The molecule has 0 heterocycles. The molecule has 2 fully saturated rings. The molecular weight excluding hydrogens is 376 g/mol. The van der Waals surface area contributed by atoms with E-state index in [1.807, 2.05) is 0 Å². The van der Waals surface area contributed by atoms with Crippen molar-refractivity contribution in [1.82, 2.24) is 0 Å². The summed E-state index contributed by atoms with van der Waals surface area (Å²) >= 11 is 0.0367. The number of hydrogen-bond donors (Lipinski definition) is 4. The fraction of sp³-hybridized carbons (Fsp3) is 0.923. The summed E-state index contributed by atoms with van der Waals surface area (Å²) in [6.45, 7) is 0. The summed E-state index contributed by atoms with van der Waals surface area (Å²) in [5, 5.41) is 30.1. The number of nitrogens with one attached hydrogen (secondary N) is 1. The zero-order valence-electron chi connectivity index (χ0n) is 12.7. The maximum atomic E-state index is 8.53. The van der Waals surface area contributed by atoms with Crippen molar-refractivity contribution in [3.63, 3.8) is 0 Å². The molecule has 0 aliphatic heterocycles. The van der Waals surface area contributed by atoms with E-state index in [1.54, 1.807) is 64.2 Å². The van der Waals surface area contributed by atoms with Gasteiger partial charge in [-0.2, -0.15) is 0 Å². The molecule has 6 nitrogen and oxygen atoms in total. The molecular formula is C13H28BN3O3Sn. The van der Waals surface area contributed by atoms with E-state index < -0.39 is 7.32 Å². The number of nitrogens with two attached hydrogens (primary N) is 2. The van der Waals surface area contributed by atoms with Gasteiger partial charge >= 0.3 is 93.2 Å². The third kappa shape index (κ3) is 16.2. The zero-order chi connectivity index (χ0) is 16.1. The van der Waals surface area contributed by atoms with Crippen molar-refractivity contribution in [2.24, 2.45) is 11.5 Å². The molecule has 2 rings (SSSR count). The van der Waals surface area contributed by atoms with Crippen molar-refractivity contribution in [3.05, 3.63) is 0 Å². The van der Waals surface area contributed by atoms with Crippen molar-refractivity contribution in [1.29, 1.82) is 5.41 Å². The first kappa shape index (κ1) is 21.0. The van der Waals surface area contributed by atoms with Gasteiger partial charge in [0.1, 0.15) is 0 Å². The molecule has 2 saturated carbocycles. The van der Waals surface area contributed by atoms with Crippen LogP contribution in [0.5, 0.6) is 0 Å². The number of rotatable bonds is 2. The predicted octanol–water partition coefficient (Wildman–Crippen LogP) is -0.281. The van der Waals surface area contributed by atoms with E-state index in [0.717, 1.165) is 0 Å². The summed E-state index contributed by atoms with van der Waals surface area (Å²) in [5.41, 5.74) is 8.94. The standard InChI is InChI=1S/2C6H11.CH5N3.BHO3.Sn/c2*1-2-4-6-5-3-1;2*2-1(3)4;/h2*1H,2-6H2;(H5,2,3,4);2H;/q;;;-2;+2. The molecule has 0 bridgehead atoms. The Morgan fingerprint density at radius 2 is 1.14 bits per heavy atom. The molecule has 0 atom stereocenters. The van der Waals surface area contributed by atoms with Crippen molar-refractivity contribution in [3.8, 4) is 0 Å². The Hall–Kier alpha value is 0.0136. The van der Waals surface area contributed by atoms with Crippen LogP contribution in [0.15, 0.2) is 0 Å². The SMILES string of the molecule is C1CC[CH]([Sn+2][CH]2CCCCC2)CC1.N=C(N)N.[O-]B([O-])O. The Balaban J connectivity index is 0.000000421. The Morgan fingerprint density at radius 3 is 1.38 bits per heavy atom. The fourth-order valence-corrected chi connectivity index (χ4v) is 9.01. The second-order valence-corrected chi connectivity index (χ2v) is 11.2. The topological polar surface area (TPSA) is 142 Å². The second kappa shape index (κ2) is 13.7. The van der Waals surface area contributed by atoms with Gasteiger partial charge in [0.2, 0.25) is 0 Å². The number of guanidine groups is 1. The van der Waals surface area contributed by atoms with Crippen LogP contribution in [0.25, 0.3) is 0 Å².